The van der Waals surface area contributed by atoms with Crippen LogP contribution in [-0.4, -0.2) is 16.7 Å². The summed E-state index contributed by atoms with van der Waals surface area (Å²) in [5.74, 6) is -0.415. The third kappa shape index (κ3) is 2.95. The zero-order valence-corrected chi connectivity index (χ0v) is 14.2. The van der Waals surface area contributed by atoms with Gasteiger partial charge in [0.2, 0.25) is 0 Å². The summed E-state index contributed by atoms with van der Waals surface area (Å²) < 4.78 is 0. The van der Waals surface area contributed by atoms with Crippen molar-refractivity contribution >= 4 is 22.6 Å². The van der Waals surface area contributed by atoms with Crippen LogP contribution in [0.15, 0.2) is 53.7 Å². The Morgan fingerprint density at radius 2 is 1.92 bits per heavy atom. The molecule has 0 bridgehead atoms. The molecule has 0 saturated carbocycles. The first-order chi connectivity index (χ1) is 12.3. The minimum atomic E-state index is -0.415. The number of hydrogen-bond donors (Lipinski definition) is 1. The van der Waals surface area contributed by atoms with Crippen LogP contribution in [0.5, 0.6) is 0 Å². The van der Waals surface area contributed by atoms with Gasteiger partial charge in [-0.05, 0) is 49.4 Å². The van der Waals surface area contributed by atoms with Crippen LogP contribution in [0.2, 0.25) is 0 Å². The first-order valence-corrected chi connectivity index (χ1v) is 8.73. The predicted octanol–water partition coefficient (Wildman–Crippen LogP) is 4.63. The van der Waals surface area contributed by atoms with Gasteiger partial charge in [0.1, 0.15) is 0 Å². The lowest BCUT2D eigenvalue weighted by molar-refractivity contribution is 0.0515. The Hall–Kier alpha value is -2.88. The highest BCUT2D eigenvalue weighted by Crippen LogP contribution is 2.29. The van der Waals surface area contributed by atoms with E-state index in [9.17, 15) is 4.79 Å². The number of nitrogens with one attached hydrogen (secondary N) is 1. The summed E-state index contributed by atoms with van der Waals surface area (Å²) in [5, 5.41) is 5.35. The van der Waals surface area contributed by atoms with E-state index in [-0.39, 0.29) is 0 Å². The van der Waals surface area contributed by atoms with Crippen molar-refractivity contribution in [3.63, 3.8) is 0 Å². The van der Waals surface area contributed by atoms with E-state index in [0.29, 0.717) is 5.56 Å². The minimum Gasteiger partial charge on any atom is -0.358 e. The number of oxime groups is 1. The maximum absolute atomic E-state index is 12.3. The van der Waals surface area contributed by atoms with Crippen molar-refractivity contribution in [3.8, 4) is 0 Å². The monoisotopic (exact) mass is 332 g/mol. The van der Waals surface area contributed by atoms with E-state index in [0.717, 1.165) is 47.9 Å². The van der Waals surface area contributed by atoms with Gasteiger partial charge in [0, 0.05) is 22.2 Å². The van der Waals surface area contributed by atoms with Gasteiger partial charge in [-0.2, -0.15) is 0 Å². The smallest absolute Gasteiger partial charge is 0.358 e. The largest absolute Gasteiger partial charge is 0.365 e. The zero-order valence-electron chi connectivity index (χ0n) is 14.2. The number of aromatic nitrogens is 1. The number of nitrogens with zero attached hydrogens (tertiary/aromatic N) is 1. The maximum Gasteiger partial charge on any atom is 0.365 e. The quantitative estimate of drug-likeness (QED) is 0.562. The van der Waals surface area contributed by atoms with Crippen LogP contribution < -0.4 is 0 Å². The molecule has 0 amide bonds. The lowest BCUT2D eigenvalue weighted by Crippen LogP contribution is -2.12. The molecular weight excluding hydrogens is 312 g/mol. The number of para-hydroxylation sites is 1. The fourth-order valence-corrected chi connectivity index (χ4v) is 3.39. The number of fused-ring (bicyclic) bond motifs is 3. The normalized spacial score (nSPS) is 15.3. The molecule has 1 N–H and O–H groups in total. The second kappa shape index (κ2) is 6.55. The molecule has 0 fully saturated rings. The van der Waals surface area contributed by atoms with Crippen molar-refractivity contribution in [2.75, 3.05) is 0 Å². The Balaban J connectivity index is 1.61. The van der Waals surface area contributed by atoms with Crippen LogP contribution in [-0.2, 0) is 17.7 Å². The van der Waals surface area contributed by atoms with Crippen LogP contribution >= 0.6 is 0 Å². The molecule has 0 aliphatic heterocycles. The number of benzene rings is 2. The van der Waals surface area contributed by atoms with Gasteiger partial charge in [-0.1, -0.05) is 42.4 Å². The highest BCUT2D eigenvalue weighted by Gasteiger charge is 2.21. The maximum atomic E-state index is 12.3. The number of rotatable bonds is 3. The molecule has 0 radical (unpaired) electrons. The predicted molar refractivity (Wildman–Crippen MR) is 99.0 cm³/mol. The van der Waals surface area contributed by atoms with Crippen molar-refractivity contribution in [2.45, 2.75) is 32.6 Å². The third-order valence-corrected chi connectivity index (χ3v) is 4.75. The Morgan fingerprint density at radius 3 is 2.72 bits per heavy atom. The fraction of sp³-hybridized carbons (Fsp3) is 0.238. The summed E-state index contributed by atoms with van der Waals surface area (Å²) in [6, 6.07) is 15.7. The number of hydrogen-bond acceptors (Lipinski definition) is 3. The summed E-state index contributed by atoms with van der Waals surface area (Å²) in [7, 11) is 0. The summed E-state index contributed by atoms with van der Waals surface area (Å²) >= 11 is 0. The Bertz CT molecular complexity index is 952. The molecule has 2 aromatic carbocycles. The zero-order chi connectivity index (χ0) is 17.2. The van der Waals surface area contributed by atoms with Gasteiger partial charge in [-0.25, -0.2) is 4.79 Å². The number of carbonyl (C=O) groups is 1. The number of aryl methyl sites for hydroxylation is 2. The van der Waals surface area contributed by atoms with Gasteiger partial charge in [0.25, 0.3) is 0 Å². The Morgan fingerprint density at radius 1 is 1.12 bits per heavy atom. The molecule has 1 aliphatic carbocycles. The molecule has 1 aromatic heterocycles. The number of H-pyrrole nitrogens is 1. The van der Waals surface area contributed by atoms with Gasteiger partial charge < -0.3 is 9.82 Å². The van der Waals surface area contributed by atoms with E-state index < -0.39 is 5.97 Å². The molecule has 0 atom stereocenters. The lowest BCUT2D eigenvalue weighted by Gasteiger charge is -2.13. The van der Waals surface area contributed by atoms with Gasteiger partial charge in [-0.15, -0.1) is 0 Å². The number of aromatic amines is 1. The van der Waals surface area contributed by atoms with Crippen LogP contribution in [0, 0.1) is 0 Å². The molecule has 1 aliphatic rings. The van der Waals surface area contributed by atoms with Gasteiger partial charge >= 0.3 is 5.97 Å². The molecule has 3 aromatic rings. The lowest BCUT2D eigenvalue weighted by atomic mass is 9.94. The van der Waals surface area contributed by atoms with Crippen LogP contribution in [0.4, 0.5) is 0 Å². The summed E-state index contributed by atoms with van der Waals surface area (Å²) in [4.78, 5) is 21.0. The first-order valence-electron chi connectivity index (χ1n) is 8.73. The van der Waals surface area contributed by atoms with E-state index in [1.165, 1.54) is 11.3 Å². The van der Waals surface area contributed by atoms with Crippen molar-refractivity contribution in [1.29, 1.82) is 0 Å². The van der Waals surface area contributed by atoms with E-state index in [4.69, 9.17) is 4.84 Å². The van der Waals surface area contributed by atoms with Crippen molar-refractivity contribution in [1.82, 2.24) is 4.98 Å². The van der Waals surface area contributed by atoms with E-state index in [2.05, 4.69) is 29.2 Å². The standard InChI is InChI=1S/C21H20N2O2/c1-2-14-10-12-15(13-11-14)21(24)25-23-19-9-5-8-18-20(19)16-6-3-4-7-17(16)22-18/h3-4,6-7,10-13,22H,2,5,8-9H2,1H3. The molecule has 0 spiro atoms. The summed E-state index contributed by atoms with van der Waals surface area (Å²) in [6.45, 7) is 2.08. The summed E-state index contributed by atoms with van der Waals surface area (Å²) in [5.41, 5.74) is 5.93. The van der Waals surface area contributed by atoms with E-state index in [1.807, 2.05) is 24.3 Å². The molecule has 4 heteroatoms. The average molecular weight is 332 g/mol. The van der Waals surface area contributed by atoms with E-state index >= 15 is 0 Å². The first kappa shape index (κ1) is 15.6. The topological polar surface area (TPSA) is 54.4 Å². The van der Waals surface area contributed by atoms with Crippen molar-refractivity contribution in [2.24, 2.45) is 5.16 Å². The van der Waals surface area contributed by atoms with Gasteiger partial charge in [0.05, 0.1) is 11.3 Å². The SMILES string of the molecule is CCc1ccc(C(=O)ON=C2CCCc3[nH]c4ccccc4c32)cc1. The molecule has 25 heavy (non-hydrogen) atoms. The van der Waals surface area contributed by atoms with Gasteiger partial charge in [0.15, 0.2) is 0 Å². The van der Waals surface area contributed by atoms with Crippen LogP contribution in [0.3, 0.4) is 0 Å². The fourth-order valence-electron chi connectivity index (χ4n) is 3.39. The Labute approximate surface area is 146 Å². The molecule has 1 heterocycles. The second-order valence-electron chi connectivity index (χ2n) is 6.34. The molecule has 4 rings (SSSR count). The van der Waals surface area contributed by atoms with Crippen molar-refractivity contribution < 1.29 is 9.63 Å². The molecule has 126 valence electrons. The number of carbonyl (C=O) groups excluding carboxylic acids is 1. The Kier molecular flexibility index (Phi) is 4.10. The molecule has 0 unspecified atom stereocenters. The highest BCUT2D eigenvalue weighted by atomic mass is 16.7. The van der Waals surface area contributed by atoms with Crippen molar-refractivity contribution in [3.05, 3.63) is 70.9 Å². The van der Waals surface area contributed by atoms with Crippen LogP contribution in [0.25, 0.3) is 10.9 Å². The molecular formula is C21H20N2O2. The summed E-state index contributed by atoms with van der Waals surface area (Å²) in [6.07, 6.45) is 3.76. The average Bonchev–Trinajstić information content (AvgIpc) is 3.05. The second-order valence-corrected chi connectivity index (χ2v) is 6.34. The van der Waals surface area contributed by atoms with Gasteiger partial charge in [-0.3, -0.25) is 0 Å². The molecule has 0 saturated heterocycles. The third-order valence-electron chi connectivity index (χ3n) is 4.75. The highest BCUT2D eigenvalue weighted by molar-refractivity contribution is 6.12. The molecule has 4 nitrogen and oxygen atoms in total. The van der Waals surface area contributed by atoms with E-state index in [1.54, 1.807) is 12.1 Å². The van der Waals surface area contributed by atoms with Crippen LogP contribution in [0.1, 0.15) is 46.9 Å². The minimum absolute atomic E-state index is 0.415.